The molecule has 132 valence electrons. The first-order valence-corrected chi connectivity index (χ1v) is 9.39. The minimum atomic E-state index is -3.65. The van der Waals surface area contributed by atoms with Crippen molar-refractivity contribution < 1.29 is 13.2 Å². The Bertz CT molecular complexity index is 846. The normalized spacial score (nSPS) is 11.8. The second-order valence-electron chi connectivity index (χ2n) is 5.72. The standard InChI is InChI=1S/C19H22N2O3S/c1-16-8-6-7-11-18(16)14-20-19(22)15-21(2)25(23,24)13-12-17-9-4-3-5-10-17/h3-13H,14-15H2,1-2H3,(H,20,22)/b13-12+. The fourth-order valence-corrected chi connectivity index (χ4v) is 3.02. The number of hydrogen-bond acceptors (Lipinski definition) is 3. The maximum absolute atomic E-state index is 12.2. The van der Waals surface area contributed by atoms with Gasteiger partial charge in [-0.1, -0.05) is 54.6 Å². The summed E-state index contributed by atoms with van der Waals surface area (Å²) in [5.74, 6) is -0.345. The van der Waals surface area contributed by atoms with Crippen molar-refractivity contribution in [2.75, 3.05) is 13.6 Å². The second kappa shape index (κ2) is 8.60. The van der Waals surface area contributed by atoms with E-state index in [0.29, 0.717) is 6.54 Å². The van der Waals surface area contributed by atoms with Gasteiger partial charge in [-0.05, 0) is 29.7 Å². The Kier molecular flexibility index (Phi) is 6.50. The lowest BCUT2D eigenvalue weighted by Gasteiger charge is -2.15. The molecule has 0 atom stereocenters. The molecule has 0 unspecified atom stereocenters. The lowest BCUT2D eigenvalue weighted by atomic mass is 10.1. The summed E-state index contributed by atoms with van der Waals surface area (Å²) in [6.45, 7) is 2.11. The third kappa shape index (κ3) is 5.85. The molecule has 0 bridgehead atoms. The molecule has 25 heavy (non-hydrogen) atoms. The third-order valence-electron chi connectivity index (χ3n) is 3.77. The van der Waals surface area contributed by atoms with Crippen LogP contribution in [-0.4, -0.2) is 32.2 Å². The van der Waals surface area contributed by atoms with Gasteiger partial charge in [0.25, 0.3) is 0 Å². The van der Waals surface area contributed by atoms with Gasteiger partial charge in [-0.3, -0.25) is 4.79 Å². The molecule has 0 heterocycles. The van der Waals surface area contributed by atoms with E-state index in [1.54, 1.807) is 12.1 Å². The first kappa shape index (κ1) is 18.9. The van der Waals surface area contributed by atoms with E-state index in [9.17, 15) is 13.2 Å². The number of nitrogens with one attached hydrogen (secondary N) is 1. The molecule has 0 saturated heterocycles. The zero-order valence-corrected chi connectivity index (χ0v) is 15.2. The summed E-state index contributed by atoms with van der Waals surface area (Å²) in [6, 6.07) is 16.9. The molecule has 0 aliphatic heterocycles. The van der Waals surface area contributed by atoms with Gasteiger partial charge in [-0.15, -0.1) is 0 Å². The van der Waals surface area contributed by atoms with Crippen LogP contribution in [0, 0.1) is 6.92 Å². The lowest BCUT2D eigenvalue weighted by Crippen LogP contribution is -2.37. The number of carbonyl (C=O) groups is 1. The third-order valence-corrected chi connectivity index (χ3v) is 5.25. The largest absolute Gasteiger partial charge is 0.351 e. The monoisotopic (exact) mass is 358 g/mol. The highest BCUT2D eigenvalue weighted by Gasteiger charge is 2.17. The Morgan fingerprint density at radius 2 is 1.72 bits per heavy atom. The Hall–Kier alpha value is -2.44. The molecule has 2 aromatic rings. The van der Waals surface area contributed by atoms with Gasteiger partial charge in [0, 0.05) is 19.0 Å². The van der Waals surface area contributed by atoms with E-state index in [-0.39, 0.29) is 12.5 Å². The van der Waals surface area contributed by atoms with Gasteiger partial charge < -0.3 is 5.32 Å². The highest BCUT2D eigenvalue weighted by atomic mass is 32.2. The highest BCUT2D eigenvalue weighted by Crippen LogP contribution is 2.08. The average molecular weight is 358 g/mol. The lowest BCUT2D eigenvalue weighted by molar-refractivity contribution is -0.121. The molecule has 1 amide bonds. The zero-order valence-electron chi connectivity index (χ0n) is 14.3. The van der Waals surface area contributed by atoms with Gasteiger partial charge >= 0.3 is 0 Å². The van der Waals surface area contributed by atoms with Gasteiger partial charge in [0.1, 0.15) is 0 Å². The van der Waals surface area contributed by atoms with Crippen LogP contribution < -0.4 is 5.32 Å². The quantitative estimate of drug-likeness (QED) is 0.827. The number of aryl methyl sites for hydroxylation is 1. The van der Waals surface area contributed by atoms with E-state index in [0.717, 1.165) is 26.4 Å². The van der Waals surface area contributed by atoms with Crippen molar-refractivity contribution in [2.45, 2.75) is 13.5 Å². The molecule has 0 radical (unpaired) electrons. The smallest absolute Gasteiger partial charge is 0.236 e. The molecule has 0 aliphatic rings. The van der Waals surface area contributed by atoms with E-state index in [1.165, 1.54) is 13.1 Å². The van der Waals surface area contributed by atoms with Crippen LogP contribution in [-0.2, 0) is 21.4 Å². The second-order valence-corrected chi connectivity index (χ2v) is 7.64. The van der Waals surface area contributed by atoms with Crippen molar-refractivity contribution in [2.24, 2.45) is 0 Å². The van der Waals surface area contributed by atoms with E-state index >= 15 is 0 Å². The number of nitrogens with zero attached hydrogens (tertiary/aromatic N) is 1. The minimum Gasteiger partial charge on any atom is -0.351 e. The topological polar surface area (TPSA) is 66.5 Å². The predicted molar refractivity (Wildman–Crippen MR) is 100 cm³/mol. The summed E-state index contributed by atoms with van der Waals surface area (Å²) in [6.07, 6.45) is 1.51. The molecule has 0 fully saturated rings. The van der Waals surface area contributed by atoms with Crippen LogP contribution in [0.1, 0.15) is 16.7 Å². The Balaban J connectivity index is 1.91. The molecule has 2 aromatic carbocycles. The van der Waals surface area contributed by atoms with Crippen molar-refractivity contribution >= 4 is 22.0 Å². The van der Waals surface area contributed by atoms with Crippen LogP contribution in [0.25, 0.3) is 6.08 Å². The van der Waals surface area contributed by atoms with Gasteiger partial charge in [-0.2, -0.15) is 4.31 Å². The number of benzene rings is 2. The van der Waals surface area contributed by atoms with Crippen molar-refractivity contribution in [1.29, 1.82) is 0 Å². The van der Waals surface area contributed by atoms with Crippen molar-refractivity contribution in [3.8, 4) is 0 Å². The minimum absolute atomic E-state index is 0.229. The number of hydrogen-bond donors (Lipinski definition) is 1. The molecule has 0 spiro atoms. The first-order chi connectivity index (χ1) is 11.9. The summed E-state index contributed by atoms with van der Waals surface area (Å²) in [4.78, 5) is 12.0. The molecule has 6 heteroatoms. The van der Waals surface area contributed by atoms with E-state index in [1.807, 2.05) is 49.4 Å². The Labute approximate surface area is 149 Å². The molecule has 0 saturated carbocycles. The van der Waals surface area contributed by atoms with Crippen molar-refractivity contribution in [3.05, 3.63) is 76.7 Å². The van der Waals surface area contributed by atoms with Crippen LogP contribution in [0.4, 0.5) is 0 Å². The van der Waals surface area contributed by atoms with Crippen LogP contribution in [0.15, 0.2) is 60.0 Å². The molecular weight excluding hydrogens is 336 g/mol. The molecule has 5 nitrogen and oxygen atoms in total. The van der Waals surface area contributed by atoms with Gasteiger partial charge in [0.05, 0.1) is 6.54 Å². The molecule has 2 rings (SSSR count). The van der Waals surface area contributed by atoms with Gasteiger partial charge in [0.2, 0.25) is 15.9 Å². The van der Waals surface area contributed by atoms with Crippen molar-refractivity contribution in [3.63, 3.8) is 0 Å². The molecular formula is C19H22N2O3S. The average Bonchev–Trinajstić information content (AvgIpc) is 2.60. The fourth-order valence-electron chi connectivity index (χ4n) is 2.18. The predicted octanol–water partition coefficient (Wildman–Crippen LogP) is 2.54. The SMILES string of the molecule is Cc1ccccc1CNC(=O)CN(C)S(=O)(=O)/C=C/c1ccccc1. The van der Waals surface area contributed by atoms with Gasteiger partial charge in [-0.25, -0.2) is 8.42 Å². The van der Waals surface area contributed by atoms with Crippen LogP contribution in [0.2, 0.25) is 0 Å². The highest BCUT2D eigenvalue weighted by molar-refractivity contribution is 7.92. The number of likely N-dealkylation sites (N-methyl/N-ethyl adjacent to an activating group) is 1. The number of amides is 1. The van der Waals surface area contributed by atoms with Crippen LogP contribution in [0.3, 0.4) is 0 Å². The summed E-state index contributed by atoms with van der Waals surface area (Å²) in [7, 11) is -2.27. The zero-order chi connectivity index (χ0) is 18.3. The number of carbonyl (C=O) groups excluding carboxylic acids is 1. The summed E-state index contributed by atoms with van der Waals surface area (Å²) in [5.41, 5.74) is 2.86. The molecule has 1 N–H and O–H groups in total. The van der Waals surface area contributed by atoms with Crippen LogP contribution in [0.5, 0.6) is 0 Å². The van der Waals surface area contributed by atoms with Crippen molar-refractivity contribution in [1.82, 2.24) is 9.62 Å². The molecule has 0 aromatic heterocycles. The molecule has 0 aliphatic carbocycles. The maximum atomic E-state index is 12.2. The maximum Gasteiger partial charge on any atom is 0.236 e. The number of sulfonamides is 1. The summed E-state index contributed by atoms with van der Waals surface area (Å²) in [5, 5.41) is 3.86. The summed E-state index contributed by atoms with van der Waals surface area (Å²) < 4.78 is 25.5. The van der Waals surface area contributed by atoms with Gasteiger partial charge in [0.15, 0.2) is 0 Å². The Morgan fingerprint density at radius 3 is 2.40 bits per heavy atom. The van der Waals surface area contributed by atoms with E-state index < -0.39 is 10.0 Å². The summed E-state index contributed by atoms with van der Waals surface area (Å²) >= 11 is 0. The Morgan fingerprint density at radius 1 is 1.08 bits per heavy atom. The fraction of sp³-hybridized carbons (Fsp3) is 0.211. The van der Waals surface area contributed by atoms with Crippen LogP contribution >= 0.6 is 0 Å². The van der Waals surface area contributed by atoms with E-state index in [2.05, 4.69) is 5.32 Å². The first-order valence-electron chi connectivity index (χ1n) is 7.89. The number of rotatable bonds is 7. The van der Waals surface area contributed by atoms with E-state index in [4.69, 9.17) is 0 Å².